The number of imide groups is 1. The highest BCUT2D eigenvalue weighted by Gasteiger charge is 2.36. The molecule has 1 aliphatic rings. The van der Waals surface area contributed by atoms with Gasteiger partial charge in [-0.25, -0.2) is 0 Å². The van der Waals surface area contributed by atoms with Gasteiger partial charge < -0.3 is 10.1 Å². The van der Waals surface area contributed by atoms with Crippen molar-refractivity contribution in [3.63, 3.8) is 0 Å². The number of benzene rings is 2. The number of carbonyl (C=O) groups is 4. The van der Waals surface area contributed by atoms with Crippen molar-refractivity contribution in [2.24, 2.45) is 0 Å². The van der Waals surface area contributed by atoms with Crippen LogP contribution in [-0.4, -0.2) is 41.7 Å². The van der Waals surface area contributed by atoms with Gasteiger partial charge in [-0.1, -0.05) is 48.9 Å². The molecule has 1 N–H and O–H groups in total. The minimum atomic E-state index is -0.821. The van der Waals surface area contributed by atoms with Crippen LogP contribution in [0.2, 0.25) is 0 Å². The number of hydrogen-bond acceptors (Lipinski definition) is 5. The predicted octanol–water partition coefficient (Wildman–Crippen LogP) is 2.40. The molecule has 7 nitrogen and oxygen atoms in total. The van der Waals surface area contributed by atoms with Crippen molar-refractivity contribution >= 4 is 23.7 Å². The van der Waals surface area contributed by atoms with Crippen LogP contribution in [0.4, 0.5) is 0 Å². The highest BCUT2D eigenvalue weighted by atomic mass is 16.5. The lowest BCUT2D eigenvalue weighted by Gasteiger charge is -2.18. The summed E-state index contributed by atoms with van der Waals surface area (Å²) in [7, 11) is 0. The van der Waals surface area contributed by atoms with E-state index in [0.29, 0.717) is 6.42 Å². The largest absolute Gasteiger partial charge is 0.454 e. The van der Waals surface area contributed by atoms with Gasteiger partial charge in [-0.15, -0.1) is 0 Å². The molecule has 0 saturated heterocycles. The molecule has 0 spiro atoms. The van der Waals surface area contributed by atoms with Gasteiger partial charge in [0.1, 0.15) is 6.54 Å². The zero-order valence-corrected chi connectivity index (χ0v) is 16.3. The van der Waals surface area contributed by atoms with Gasteiger partial charge >= 0.3 is 5.97 Å². The average molecular weight is 394 g/mol. The van der Waals surface area contributed by atoms with Crippen molar-refractivity contribution in [1.29, 1.82) is 0 Å². The van der Waals surface area contributed by atoms with Gasteiger partial charge in [-0.05, 0) is 31.0 Å². The summed E-state index contributed by atoms with van der Waals surface area (Å²) in [4.78, 5) is 49.6. The zero-order valence-electron chi connectivity index (χ0n) is 16.3. The van der Waals surface area contributed by atoms with E-state index < -0.39 is 36.8 Å². The molecule has 0 fully saturated rings. The van der Waals surface area contributed by atoms with E-state index in [-0.39, 0.29) is 17.2 Å². The normalized spacial score (nSPS) is 13.8. The minimum Gasteiger partial charge on any atom is -0.454 e. The fourth-order valence-corrected chi connectivity index (χ4v) is 3.16. The summed E-state index contributed by atoms with van der Waals surface area (Å²) in [5.41, 5.74) is 2.60. The predicted molar refractivity (Wildman–Crippen MR) is 105 cm³/mol. The number of esters is 1. The summed E-state index contributed by atoms with van der Waals surface area (Å²) < 4.78 is 4.96. The van der Waals surface area contributed by atoms with Gasteiger partial charge in [0, 0.05) is 0 Å². The first-order valence-corrected chi connectivity index (χ1v) is 9.37. The topological polar surface area (TPSA) is 92.8 Å². The molecule has 3 rings (SSSR count). The van der Waals surface area contributed by atoms with Crippen molar-refractivity contribution < 1.29 is 23.9 Å². The second-order valence-corrected chi connectivity index (χ2v) is 6.84. The maximum Gasteiger partial charge on any atom is 0.326 e. The van der Waals surface area contributed by atoms with Crippen LogP contribution in [0.1, 0.15) is 51.2 Å². The number of ether oxygens (including phenoxy) is 1. The van der Waals surface area contributed by atoms with E-state index in [9.17, 15) is 19.2 Å². The Morgan fingerprint density at radius 3 is 2.14 bits per heavy atom. The van der Waals surface area contributed by atoms with E-state index in [1.807, 2.05) is 38.1 Å². The van der Waals surface area contributed by atoms with Crippen LogP contribution in [0.5, 0.6) is 0 Å². The molecule has 29 heavy (non-hydrogen) atoms. The maximum absolute atomic E-state index is 12.3. The highest BCUT2D eigenvalue weighted by molar-refractivity contribution is 6.22. The molecule has 2 aromatic carbocycles. The number of rotatable bonds is 7. The van der Waals surface area contributed by atoms with Crippen LogP contribution in [0, 0.1) is 6.92 Å². The van der Waals surface area contributed by atoms with E-state index in [0.717, 1.165) is 16.0 Å². The maximum atomic E-state index is 12.3. The monoisotopic (exact) mass is 394 g/mol. The summed E-state index contributed by atoms with van der Waals surface area (Å²) >= 11 is 0. The molecule has 0 aromatic heterocycles. The second-order valence-electron chi connectivity index (χ2n) is 6.84. The first kappa shape index (κ1) is 20.3. The SMILES string of the molecule is CC[C@@H](NC(=O)COC(=O)CN1C(=O)c2ccccc2C1=O)c1ccc(C)cc1. The van der Waals surface area contributed by atoms with Crippen molar-refractivity contribution in [2.45, 2.75) is 26.3 Å². The molecule has 1 heterocycles. The van der Waals surface area contributed by atoms with E-state index >= 15 is 0 Å². The molecule has 0 radical (unpaired) electrons. The lowest BCUT2D eigenvalue weighted by Crippen LogP contribution is -2.37. The third-order valence-corrected chi connectivity index (χ3v) is 4.75. The van der Waals surface area contributed by atoms with Gasteiger partial charge in [0.05, 0.1) is 17.2 Å². The van der Waals surface area contributed by atoms with Crippen molar-refractivity contribution in [2.75, 3.05) is 13.2 Å². The van der Waals surface area contributed by atoms with Gasteiger partial charge in [0.2, 0.25) is 0 Å². The Labute approximate surface area is 168 Å². The molecule has 3 amide bonds. The fourth-order valence-electron chi connectivity index (χ4n) is 3.16. The third kappa shape index (κ3) is 4.51. The molecule has 0 unspecified atom stereocenters. The van der Waals surface area contributed by atoms with Gasteiger partial charge in [0.25, 0.3) is 17.7 Å². The Kier molecular flexibility index (Phi) is 6.07. The van der Waals surface area contributed by atoms with Crippen molar-refractivity contribution in [3.8, 4) is 0 Å². The molecule has 0 saturated carbocycles. The summed E-state index contributed by atoms with van der Waals surface area (Å²) in [6.07, 6.45) is 0.678. The first-order chi connectivity index (χ1) is 13.9. The molecule has 2 aromatic rings. The number of hydrogen-bond donors (Lipinski definition) is 1. The number of fused-ring (bicyclic) bond motifs is 1. The summed E-state index contributed by atoms with van der Waals surface area (Å²) in [6.45, 7) is 2.91. The third-order valence-electron chi connectivity index (χ3n) is 4.75. The molecular weight excluding hydrogens is 372 g/mol. The Morgan fingerprint density at radius 2 is 1.59 bits per heavy atom. The summed E-state index contributed by atoms with van der Waals surface area (Å²) in [5, 5.41) is 2.82. The van der Waals surface area contributed by atoms with Gasteiger partial charge in [0.15, 0.2) is 6.61 Å². The number of nitrogens with one attached hydrogen (secondary N) is 1. The van der Waals surface area contributed by atoms with Crippen molar-refractivity contribution in [1.82, 2.24) is 10.2 Å². The number of aryl methyl sites for hydroxylation is 1. The van der Waals surface area contributed by atoms with Crippen LogP contribution in [0.15, 0.2) is 48.5 Å². The molecule has 0 aliphatic carbocycles. The summed E-state index contributed by atoms with van der Waals surface area (Å²) in [6, 6.07) is 14.0. The van der Waals surface area contributed by atoms with E-state index in [1.165, 1.54) is 12.1 Å². The molecule has 1 aliphatic heterocycles. The first-order valence-electron chi connectivity index (χ1n) is 9.37. The van der Waals surface area contributed by atoms with Crippen LogP contribution in [0.3, 0.4) is 0 Å². The lowest BCUT2D eigenvalue weighted by molar-refractivity contribution is -0.148. The highest BCUT2D eigenvalue weighted by Crippen LogP contribution is 2.22. The Bertz CT molecular complexity index is 917. The van der Waals surface area contributed by atoms with Gasteiger partial charge in [-0.2, -0.15) is 0 Å². The van der Waals surface area contributed by atoms with Crippen LogP contribution in [0.25, 0.3) is 0 Å². The molecule has 7 heteroatoms. The second kappa shape index (κ2) is 8.68. The Balaban J connectivity index is 1.51. The number of carbonyl (C=O) groups excluding carboxylic acids is 4. The van der Waals surface area contributed by atoms with Gasteiger partial charge in [-0.3, -0.25) is 24.1 Å². The standard InChI is InChI=1S/C22H22N2O5/c1-3-18(15-10-8-14(2)9-11-15)23-19(25)13-29-20(26)12-24-21(27)16-6-4-5-7-17(16)22(24)28/h4-11,18H,3,12-13H2,1-2H3,(H,23,25)/t18-/m1/s1. The molecule has 0 bridgehead atoms. The smallest absolute Gasteiger partial charge is 0.326 e. The minimum absolute atomic E-state index is 0.196. The Hall–Kier alpha value is -3.48. The zero-order chi connectivity index (χ0) is 21.0. The van der Waals surface area contributed by atoms with Crippen LogP contribution in [-0.2, 0) is 14.3 Å². The Morgan fingerprint density at radius 1 is 1.00 bits per heavy atom. The molecule has 1 atom stereocenters. The van der Waals surface area contributed by atoms with Crippen LogP contribution < -0.4 is 5.32 Å². The average Bonchev–Trinajstić information content (AvgIpc) is 2.96. The van der Waals surface area contributed by atoms with Crippen molar-refractivity contribution in [3.05, 3.63) is 70.8 Å². The van der Waals surface area contributed by atoms with E-state index in [2.05, 4.69) is 5.32 Å². The molecular formula is C22H22N2O5. The lowest BCUT2D eigenvalue weighted by atomic mass is 10.0. The number of amides is 3. The molecule has 150 valence electrons. The summed E-state index contributed by atoms with van der Waals surface area (Å²) in [5.74, 6) is -2.36. The van der Waals surface area contributed by atoms with Crippen LogP contribution >= 0.6 is 0 Å². The quantitative estimate of drug-likeness (QED) is 0.575. The van der Waals surface area contributed by atoms with E-state index in [1.54, 1.807) is 12.1 Å². The van der Waals surface area contributed by atoms with E-state index in [4.69, 9.17) is 4.74 Å². The fraction of sp³-hybridized carbons (Fsp3) is 0.273. The number of nitrogens with zero attached hydrogens (tertiary/aromatic N) is 1.